The van der Waals surface area contributed by atoms with Crippen LogP contribution < -0.4 is 0 Å². The Morgan fingerprint density at radius 2 is 0.614 bits per heavy atom. The number of rotatable bonds is 52. The fraction of sp³-hybridized carbons (Fsp3) is 0.662. The number of allylic oxidation sites excluding steroid dienone is 20. The highest BCUT2D eigenvalue weighted by Gasteiger charge is 2.16. The van der Waals surface area contributed by atoms with E-state index in [1.165, 1.54) is 128 Å². The van der Waals surface area contributed by atoms with Crippen molar-refractivity contribution in [3.63, 3.8) is 0 Å². The van der Waals surface area contributed by atoms with Gasteiger partial charge >= 0.3 is 11.9 Å². The van der Waals surface area contributed by atoms with Crippen LogP contribution in [0.25, 0.3) is 0 Å². The zero-order valence-electron chi connectivity index (χ0n) is 45.5. The first-order chi connectivity index (χ1) is 34.6. The Bertz CT molecular complexity index is 1420. The third-order valence-electron chi connectivity index (χ3n) is 12.2. The Hall–Kier alpha value is -3.70. The Kier molecular flexibility index (Phi) is 56.5. The Labute approximate surface area is 433 Å². The molecule has 0 bridgehead atoms. The smallest absolute Gasteiger partial charge is 0.306 e. The number of hydrogen-bond donors (Lipinski definition) is 1. The molecule has 0 aromatic carbocycles. The summed E-state index contributed by atoms with van der Waals surface area (Å²) in [6, 6.07) is 0. The second-order valence-corrected chi connectivity index (χ2v) is 19.0. The zero-order valence-corrected chi connectivity index (χ0v) is 45.5. The molecule has 0 aromatic rings. The van der Waals surface area contributed by atoms with Crippen LogP contribution in [-0.2, 0) is 19.1 Å². The summed E-state index contributed by atoms with van der Waals surface area (Å²) in [6.07, 6.45) is 87.5. The molecule has 70 heavy (non-hydrogen) atoms. The van der Waals surface area contributed by atoms with E-state index in [0.717, 1.165) is 103 Å². The Balaban J connectivity index is 3.54. The molecular weight excluding hydrogens is 861 g/mol. The molecule has 0 aliphatic heterocycles. The van der Waals surface area contributed by atoms with Crippen molar-refractivity contribution in [1.29, 1.82) is 0 Å². The van der Waals surface area contributed by atoms with Crippen LogP contribution in [0.2, 0.25) is 0 Å². The summed E-state index contributed by atoms with van der Waals surface area (Å²) in [5.74, 6) is -0.602. The second-order valence-electron chi connectivity index (χ2n) is 19.0. The van der Waals surface area contributed by atoms with Crippen LogP contribution in [0, 0.1) is 0 Å². The van der Waals surface area contributed by atoms with Crippen LogP contribution in [-0.4, -0.2) is 36.4 Å². The number of hydrogen-bond acceptors (Lipinski definition) is 5. The lowest BCUT2D eigenvalue weighted by Gasteiger charge is -2.15. The highest BCUT2D eigenvalue weighted by Crippen LogP contribution is 2.15. The van der Waals surface area contributed by atoms with Crippen molar-refractivity contribution in [2.75, 3.05) is 13.2 Å². The van der Waals surface area contributed by atoms with Crippen LogP contribution in [0.1, 0.15) is 258 Å². The number of carbonyl (C=O) groups is 2. The van der Waals surface area contributed by atoms with Gasteiger partial charge in [-0.3, -0.25) is 9.59 Å². The van der Waals surface area contributed by atoms with Gasteiger partial charge in [0, 0.05) is 12.8 Å². The molecule has 0 aliphatic rings. The summed E-state index contributed by atoms with van der Waals surface area (Å²) in [5.41, 5.74) is 0. The molecule has 5 nitrogen and oxygen atoms in total. The third-order valence-corrected chi connectivity index (χ3v) is 12.2. The molecule has 0 aromatic heterocycles. The molecule has 0 amide bonds. The van der Waals surface area contributed by atoms with Gasteiger partial charge in [0.1, 0.15) is 6.61 Å². The number of ether oxygens (including phenoxy) is 2. The first-order valence-electron chi connectivity index (χ1n) is 29.1. The van der Waals surface area contributed by atoms with Gasteiger partial charge in [-0.2, -0.15) is 0 Å². The van der Waals surface area contributed by atoms with Crippen LogP contribution in [0.3, 0.4) is 0 Å². The SMILES string of the molecule is CC/C=C\C/C=C\C/C=C\C/C=C\C/C=C\C/C=C\C/C=C\C/C=C\C/C=C\CCCCCCCCCCCCCCCC(=O)OC(CO)COC(=O)CCCCCCC/C=C\CCCCCCCC. The van der Waals surface area contributed by atoms with E-state index < -0.39 is 6.10 Å². The molecule has 0 rings (SSSR count). The maximum atomic E-state index is 12.3. The van der Waals surface area contributed by atoms with Gasteiger partial charge < -0.3 is 14.6 Å². The van der Waals surface area contributed by atoms with E-state index in [1.807, 2.05) is 0 Å². The molecule has 0 saturated carbocycles. The molecular formula is C65H108O5. The molecule has 1 unspecified atom stereocenters. The standard InChI is InChI=1S/C65H108O5/c1-3-5-7-9-11-13-15-17-19-20-21-22-23-24-25-26-27-28-29-30-31-32-33-34-35-36-37-38-39-40-41-42-43-44-46-48-50-52-54-56-58-60-65(68)70-63(61-66)62-69-64(67)59-57-55-53-51-49-47-45-18-16-14-12-10-8-6-4-2/h5,7,11,13,17-19,21-22,24-25,27-28,30-31,33-34,36-37,45,63,66H,3-4,6,8-10,12,14-16,20,23,26,29,32,35,38-44,46-62H2,1-2H3/b7-5-,13-11-,19-17-,22-21-,25-24-,28-27-,31-30-,34-33-,37-36-,45-18-. The van der Waals surface area contributed by atoms with E-state index in [0.29, 0.717) is 12.8 Å². The van der Waals surface area contributed by atoms with E-state index in [4.69, 9.17) is 9.47 Å². The summed E-state index contributed by atoms with van der Waals surface area (Å²) in [7, 11) is 0. The fourth-order valence-corrected chi connectivity index (χ4v) is 7.90. The molecule has 0 spiro atoms. The van der Waals surface area contributed by atoms with Crippen molar-refractivity contribution in [2.24, 2.45) is 0 Å². The summed E-state index contributed by atoms with van der Waals surface area (Å²) < 4.78 is 10.7. The minimum Gasteiger partial charge on any atom is -0.462 e. The number of esters is 2. The molecule has 0 heterocycles. The number of unbranched alkanes of at least 4 members (excludes halogenated alkanes) is 24. The van der Waals surface area contributed by atoms with Crippen LogP contribution in [0.4, 0.5) is 0 Å². The van der Waals surface area contributed by atoms with Crippen molar-refractivity contribution in [1.82, 2.24) is 0 Å². The van der Waals surface area contributed by atoms with Crippen LogP contribution in [0.15, 0.2) is 122 Å². The predicted octanol–water partition coefficient (Wildman–Crippen LogP) is 19.9. The summed E-state index contributed by atoms with van der Waals surface area (Å²) in [6.45, 7) is 4.02. The van der Waals surface area contributed by atoms with Gasteiger partial charge in [-0.15, -0.1) is 0 Å². The summed E-state index contributed by atoms with van der Waals surface area (Å²) in [4.78, 5) is 24.5. The average Bonchev–Trinajstić information content (AvgIpc) is 3.36. The number of aliphatic hydroxyl groups is 1. The average molecular weight is 970 g/mol. The maximum Gasteiger partial charge on any atom is 0.306 e. The minimum atomic E-state index is -0.781. The van der Waals surface area contributed by atoms with E-state index in [-0.39, 0.29) is 25.2 Å². The first kappa shape index (κ1) is 66.3. The monoisotopic (exact) mass is 969 g/mol. The van der Waals surface area contributed by atoms with Crippen molar-refractivity contribution in [3.05, 3.63) is 122 Å². The highest BCUT2D eigenvalue weighted by molar-refractivity contribution is 5.70. The van der Waals surface area contributed by atoms with Gasteiger partial charge in [-0.1, -0.05) is 257 Å². The van der Waals surface area contributed by atoms with Gasteiger partial charge in [0.2, 0.25) is 0 Å². The lowest BCUT2D eigenvalue weighted by Crippen LogP contribution is -2.28. The Morgan fingerprint density at radius 3 is 0.943 bits per heavy atom. The fourth-order valence-electron chi connectivity index (χ4n) is 7.90. The maximum absolute atomic E-state index is 12.3. The number of aliphatic hydroxyl groups excluding tert-OH is 1. The quantitative estimate of drug-likeness (QED) is 0.0374. The van der Waals surface area contributed by atoms with Gasteiger partial charge in [0.05, 0.1) is 6.61 Å². The molecule has 398 valence electrons. The number of carbonyl (C=O) groups excluding carboxylic acids is 2. The van der Waals surface area contributed by atoms with Crippen molar-refractivity contribution in [2.45, 2.75) is 264 Å². The van der Waals surface area contributed by atoms with Crippen molar-refractivity contribution < 1.29 is 24.2 Å². The van der Waals surface area contributed by atoms with Gasteiger partial charge in [0.25, 0.3) is 0 Å². The van der Waals surface area contributed by atoms with Crippen molar-refractivity contribution in [3.8, 4) is 0 Å². The lowest BCUT2D eigenvalue weighted by molar-refractivity contribution is -0.161. The largest absolute Gasteiger partial charge is 0.462 e. The van der Waals surface area contributed by atoms with Gasteiger partial charge in [-0.25, -0.2) is 0 Å². The molecule has 1 N–H and O–H groups in total. The van der Waals surface area contributed by atoms with Crippen LogP contribution in [0.5, 0.6) is 0 Å². The molecule has 0 fully saturated rings. The zero-order chi connectivity index (χ0) is 50.6. The van der Waals surface area contributed by atoms with E-state index in [2.05, 4.69) is 135 Å². The van der Waals surface area contributed by atoms with E-state index in [1.54, 1.807) is 0 Å². The normalized spacial score (nSPS) is 13.1. The molecule has 0 aliphatic carbocycles. The molecule has 1 atom stereocenters. The topological polar surface area (TPSA) is 72.8 Å². The molecule has 0 radical (unpaired) electrons. The molecule has 5 heteroatoms. The third kappa shape index (κ3) is 56.9. The van der Waals surface area contributed by atoms with E-state index in [9.17, 15) is 14.7 Å². The predicted molar refractivity (Wildman–Crippen MR) is 306 cm³/mol. The highest BCUT2D eigenvalue weighted by atomic mass is 16.6. The molecule has 0 saturated heterocycles. The summed E-state index contributed by atoms with van der Waals surface area (Å²) >= 11 is 0. The van der Waals surface area contributed by atoms with E-state index >= 15 is 0 Å². The van der Waals surface area contributed by atoms with Gasteiger partial charge in [-0.05, 0) is 109 Å². The summed E-state index contributed by atoms with van der Waals surface area (Å²) in [5, 5.41) is 9.63. The van der Waals surface area contributed by atoms with Crippen LogP contribution >= 0.6 is 0 Å². The Morgan fingerprint density at radius 1 is 0.343 bits per heavy atom. The van der Waals surface area contributed by atoms with Crippen molar-refractivity contribution >= 4 is 11.9 Å². The second kappa shape index (κ2) is 59.6. The minimum absolute atomic E-state index is 0.0738. The first-order valence-corrected chi connectivity index (χ1v) is 29.1. The lowest BCUT2D eigenvalue weighted by atomic mass is 10.0. The van der Waals surface area contributed by atoms with Gasteiger partial charge in [0.15, 0.2) is 6.10 Å².